The molecule has 0 unspecified atom stereocenters. The van der Waals surface area contributed by atoms with Crippen molar-refractivity contribution >= 4 is 11.6 Å². The molecule has 2 rings (SSSR count). The molecule has 23 heavy (non-hydrogen) atoms. The van der Waals surface area contributed by atoms with Crippen molar-refractivity contribution in [2.45, 2.75) is 53.0 Å². The summed E-state index contributed by atoms with van der Waals surface area (Å²) < 4.78 is 0. The van der Waals surface area contributed by atoms with Crippen LogP contribution in [0.4, 0.5) is 0 Å². The number of aryl methyl sites for hydroxylation is 1. The number of carbonyl (C=O) groups is 2. The first kappa shape index (κ1) is 17.9. The van der Waals surface area contributed by atoms with Gasteiger partial charge in [0.15, 0.2) is 11.6 Å². The monoisotopic (exact) mass is 320 g/mol. The van der Waals surface area contributed by atoms with Crippen LogP contribution in [0.2, 0.25) is 0 Å². The maximum Gasteiger partial charge on any atom is 0.196 e. The molecule has 1 fully saturated rings. The normalized spacial score (nSPS) is 20.5. The van der Waals surface area contributed by atoms with Crippen LogP contribution in [0, 0.1) is 19.8 Å². The van der Waals surface area contributed by atoms with E-state index in [0.717, 1.165) is 43.6 Å². The summed E-state index contributed by atoms with van der Waals surface area (Å²) in [4.78, 5) is 29.9. The number of hydrogen-bond acceptors (Lipinski definition) is 4. The summed E-state index contributed by atoms with van der Waals surface area (Å²) >= 11 is 0. The quantitative estimate of drug-likeness (QED) is 0.790. The first-order valence-corrected chi connectivity index (χ1v) is 8.46. The number of H-pyrrole nitrogens is 1. The van der Waals surface area contributed by atoms with Crippen LogP contribution in [0.3, 0.4) is 0 Å². The zero-order chi connectivity index (χ0) is 17.1. The van der Waals surface area contributed by atoms with E-state index in [1.54, 1.807) is 0 Å². The molecular weight excluding hydrogens is 292 g/mol. The molecule has 0 spiro atoms. The minimum absolute atomic E-state index is 0.0102. The van der Waals surface area contributed by atoms with Crippen LogP contribution >= 0.6 is 0 Å². The highest BCUT2D eigenvalue weighted by atomic mass is 16.3. The molecule has 2 atom stereocenters. The number of aromatic nitrogens is 1. The van der Waals surface area contributed by atoms with E-state index in [1.807, 2.05) is 20.8 Å². The third-order valence-corrected chi connectivity index (χ3v) is 5.05. The molecule has 0 saturated carbocycles. The topological polar surface area (TPSA) is 73.4 Å². The van der Waals surface area contributed by atoms with Crippen LogP contribution in [-0.4, -0.2) is 52.3 Å². The van der Waals surface area contributed by atoms with Gasteiger partial charge >= 0.3 is 0 Å². The van der Waals surface area contributed by atoms with Crippen molar-refractivity contribution in [1.29, 1.82) is 0 Å². The Morgan fingerprint density at radius 3 is 2.65 bits per heavy atom. The van der Waals surface area contributed by atoms with Gasteiger partial charge in [0.05, 0.1) is 11.7 Å². The van der Waals surface area contributed by atoms with Gasteiger partial charge in [0.1, 0.15) is 0 Å². The van der Waals surface area contributed by atoms with E-state index >= 15 is 0 Å². The predicted molar refractivity (Wildman–Crippen MR) is 90.1 cm³/mol. The Kier molecular flexibility index (Phi) is 5.76. The molecule has 5 nitrogen and oxygen atoms in total. The van der Waals surface area contributed by atoms with Gasteiger partial charge in [-0.25, -0.2) is 0 Å². The molecule has 1 saturated heterocycles. The van der Waals surface area contributed by atoms with Gasteiger partial charge in [-0.3, -0.25) is 14.5 Å². The predicted octanol–water partition coefficient (Wildman–Crippen LogP) is 2.50. The number of ketones is 2. The number of aliphatic hydroxyl groups excluding tert-OH is 1. The van der Waals surface area contributed by atoms with E-state index in [2.05, 4.69) is 9.88 Å². The molecule has 2 heterocycles. The van der Waals surface area contributed by atoms with Gasteiger partial charge in [-0.15, -0.1) is 0 Å². The van der Waals surface area contributed by atoms with Crippen molar-refractivity contribution in [2.24, 2.45) is 5.92 Å². The average molecular weight is 320 g/mol. The Labute approximate surface area is 138 Å². The molecule has 1 aromatic rings. The van der Waals surface area contributed by atoms with E-state index in [1.165, 1.54) is 6.92 Å². The molecule has 0 bridgehead atoms. The molecule has 2 N–H and O–H groups in total. The second kappa shape index (κ2) is 7.41. The fourth-order valence-corrected chi connectivity index (χ4v) is 3.77. The standard InChI is InChI=1S/C18H28N2O3/c1-11-16(14(4)22)12(2)19-17(11)18(23)13(3)20-8-5-6-15(10-20)7-9-21/h13,15,19,21H,5-10H2,1-4H3/t13-,15+/m0/s1. The van der Waals surface area contributed by atoms with Crippen LogP contribution in [0.25, 0.3) is 0 Å². The van der Waals surface area contributed by atoms with Crippen molar-refractivity contribution in [1.82, 2.24) is 9.88 Å². The van der Waals surface area contributed by atoms with E-state index in [4.69, 9.17) is 5.11 Å². The molecule has 5 heteroatoms. The van der Waals surface area contributed by atoms with E-state index in [9.17, 15) is 9.59 Å². The molecular formula is C18H28N2O3. The van der Waals surface area contributed by atoms with Crippen molar-refractivity contribution in [2.75, 3.05) is 19.7 Å². The summed E-state index contributed by atoms with van der Waals surface area (Å²) in [6.45, 7) is 9.11. The number of aliphatic hydroxyl groups is 1. The van der Waals surface area contributed by atoms with Crippen molar-refractivity contribution in [3.63, 3.8) is 0 Å². The minimum atomic E-state index is -0.215. The molecule has 0 aromatic carbocycles. The largest absolute Gasteiger partial charge is 0.396 e. The van der Waals surface area contributed by atoms with Gasteiger partial charge in [-0.1, -0.05) is 0 Å². The second-order valence-corrected chi connectivity index (χ2v) is 6.74. The molecule has 1 aromatic heterocycles. The number of carbonyl (C=O) groups excluding carboxylic acids is 2. The average Bonchev–Trinajstić information content (AvgIpc) is 2.81. The van der Waals surface area contributed by atoms with Gasteiger partial charge < -0.3 is 10.1 Å². The smallest absolute Gasteiger partial charge is 0.196 e. The summed E-state index contributed by atoms with van der Waals surface area (Å²) in [6, 6.07) is -0.215. The van der Waals surface area contributed by atoms with E-state index in [0.29, 0.717) is 17.2 Å². The van der Waals surface area contributed by atoms with Crippen LogP contribution in [0.1, 0.15) is 65.2 Å². The zero-order valence-corrected chi connectivity index (χ0v) is 14.6. The Morgan fingerprint density at radius 2 is 2.09 bits per heavy atom. The van der Waals surface area contributed by atoms with E-state index in [-0.39, 0.29) is 24.2 Å². The maximum absolute atomic E-state index is 12.9. The summed E-state index contributed by atoms with van der Waals surface area (Å²) in [5, 5.41) is 9.13. The first-order valence-electron chi connectivity index (χ1n) is 8.46. The molecule has 0 amide bonds. The van der Waals surface area contributed by atoms with E-state index < -0.39 is 0 Å². The number of hydrogen-bond donors (Lipinski definition) is 2. The summed E-state index contributed by atoms with van der Waals surface area (Å²) in [5.74, 6) is 0.495. The van der Waals surface area contributed by atoms with Crippen molar-refractivity contribution in [3.8, 4) is 0 Å². The highest BCUT2D eigenvalue weighted by molar-refractivity contribution is 6.05. The SMILES string of the molecule is CC(=O)c1c(C)[nH]c(C(=O)[C@H](C)N2CCC[C@H](CCO)C2)c1C. The lowest BCUT2D eigenvalue weighted by Gasteiger charge is -2.36. The Morgan fingerprint density at radius 1 is 1.39 bits per heavy atom. The molecule has 1 aliphatic heterocycles. The lowest BCUT2D eigenvalue weighted by Crippen LogP contribution is -2.45. The third-order valence-electron chi connectivity index (χ3n) is 5.05. The maximum atomic E-state index is 12.9. The lowest BCUT2D eigenvalue weighted by molar-refractivity contribution is 0.0723. The molecule has 0 aliphatic carbocycles. The summed E-state index contributed by atoms with van der Waals surface area (Å²) in [5.41, 5.74) is 2.72. The molecule has 128 valence electrons. The van der Waals surface area contributed by atoms with Crippen molar-refractivity contribution < 1.29 is 14.7 Å². The van der Waals surface area contributed by atoms with Crippen LogP contribution < -0.4 is 0 Å². The third kappa shape index (κ3) is 3.72. The van der Waals surface area contributed by atoms with Gasteiger partial charge in [0.25, 0.3) is 0 Å². The number of Topliss-reactive ketones (excluding diaryl/α,β-unsaturated/α-hetero) is 2. The Bertz CT molecular complexity index is 589. The Balaban J connectivity index is 2.17. The van der Waals surface area contributed by atoms with Gasteiger partial charge in [-0.05, 0) is 65.0 Å². The number of aromatic amines is 1. The number of nitrogens with zero attached hydrogens (tertiary/aromatic N) is 1. The molecule has 0 radical (unpaired) electrons. The van der Waals surface area contributed by atoms with Crippen molar-refractivity contribution in [3.05, 3.63) is 22.5 Å². The lowest BCUT2D eigenvalue weighted by atomic mass is 9.93. The minimum Gasteiger partial charge on any atom is -0.396 e. The van der Waals surface area contributed by atoms with Crippen LogP contribution in [-0.2, 0) is 0 Å². The number of likely N-dealkylation sites (tertiary alicyclic amines) is 1. The van der Waals surface area contributed by atoms with Crippen LogP contribution in [0.5, 0.6) is 0 Å². The summed E-state index contributed by atoms with van der Waals surface area (Å²) in [7, 11) is 0. The molecule has 1 aliphatic rings. The van der Waals surface area contributed by atoms with Crippen LogP contribution in [0.15, 0.2) is 0 Å². The summed E-state index contributed by atoms with van der Waals surface area (Å²) in [6.07, 6.45) is 2.98. The van der Waals surface area contributed by atoms with Gasteiger partial charge in [-0.2, -0.15) is 0 Å². The van der Waals surface area contributed by atoms with Gasteiger partial charge in [0, 0.05) is 24.4 Å². The fourth-order valence-electron chi connectivity index (χ4n) is 3.77. The number of piperidine rings is 1. The first-order chi connectivity index (χ1) is 10.9. The van der Waals surface area contributed by atoms with Gasteiger partial charge in [0.2, 0.25) is 0 Å². The second-order valence-electron chi connectivity index (χ2n) is 6.74. The number of rotatable bonds is 6. The highest BCUT2D eigenvalue weighted by Gasteiger charge is 2.30. The zero-order valence-electron chi connectivity index (χ0n) is 14.6. The Hall–Kier alpha value is -1.46. The highest BCUT2D eigenvalue weighted by Crippen LogP contribution is 2.24. The number of nitrogens with one attached hydrogen (secondary N) is 1. The fraction of sp³-hybridized carbons (Fsp3) is 0.667.